The first-order valence-electron chi connectivity index (χ1n) is 5.47. The molecular weight excluding hydrogens is 303 g/mol. The van der Waals surface area contributed by atoms with Crippen LogP contribution in [0.4, 0.5) is 0 Å². The molecule has 0 saturated carbocycles. The number of alkyl halides is 2. The fourth-order valence-corrected chi connectivity index (χ4v) is 3.99. The summed E-state index contributed by atoms with van der Waals surface area (Å²) in [5.74, 6) is 0. The van der Waals surface area contributed by atoms with Gasteiger partial charge in [-0.3, -0.25) is 0 Å². The van der Waals surface area contributed by atoms with Crippen LogP contribution in [0.5, 0.6) is 0 Å². The van der Waals surface area contributed by atoms with Gasteiger partial charge in [0, 0.05) is 9.79 Å². The molecule has 0 radical (unpaired) electrons. The summed E-state index contributed by atoms with van der Waals surface area (Å²) in [5.41, 5.74) is 0. The maximum atomic E-state index is 6.33. The predicted octanol–water partition coefficient (Wildman–Crippen LogP) is 5.70. The molecule has 0 fully saturated rings. The van der Waals surface area contributed by atoms with Crippen LogP contribution < -0.4 is 0 Å². The molecule has 2 unspecified atom stereocenters. The number of benzene rings is 2. The summed E-state index contributed by atoms with van der Waals surface area (Å²) in [6.45, 7) is 0. The van der Waals surface area contributed by atoms with Gasteiger partial charge in [-0.15, -0.1) is 46.7 Å². The molecule has 4 heteroatoms. The average Bonchev–Trinajstić information content (AvgIpc) is 2.41. The van der Waals surface area contributed by atoms with Crippen molar-refractivity contribution in [2.45, 2.75) is 19.2 Å². The smallest absolute Gasteiger partial charge is 0.108 e. The van der Waals surface area contributed by atoms with Crippen LogP contribution in [0, 0.1) is 0 Å². The van der Waals surface area contributed by atoms with E-state index in [4.69, 9.17) is 23.2 Å². The molecule has 2 aromatic carbocycles. The molecule has 0 aromatic heterocycles. The second kappa shape index (κ2) is 7.34. The largest absolute Gasteiger partial charge is 0.109 e. The molecule has 18 heavy (non-hydrogen) atoms. The first-order valence-corrected chi connectivity index (χ1v) is 8.10. The number of hydrogen-bond donors (Lipinski definition) is 0. The highest BCUT2D eigenvalue weighted by Gasteiger charge is 2.19. The van der Waals surface area contributed by atoms with Gasteiger partial charge in [-0.25, -0.2) is 0 Å². The highest BCUT2D eigenvalue weighted by atomic mass is 35.5. The molecule has 2 aromatic rings. The molecule has 0 nitrogen and oxygen atoms in total. The van der Waals surface area contributed by atoms with Crippen molar-refractivity contribution in [2.24, 2.45) is 0 Å². The van der Waals surface area contributed by atoms with E-state index in [0.29, 0.717) is 0 Å². The zero-order valence-corrected chi connectivity index (χ0v) is 12.6. The van der Waals surface area contributed by atoms with E-state index in [-0.39, 0.29) is 9.42 Å². The van der Waals surface area contributed by atoms with Gasteiger partial charge in [-0.05, 0) is 24.3 Å². The van der Waals surface area contributed by atoms with Crippen LogP contribution in [-0.4, -0.2) is 9.42 Å². The lowest BCUT2D eigenvalue weighted by Gasteiger charge is -2.15. The lowest BCUT2D eigenvalue weighted by Crippen LogP contribution is -2.06. The molecule has 0 aliphatic rings. The van der Waals surface area contributed by atoms with Crippen LogP contribution in [-0.2, 0) is 0 Å². The number of rotatable bonds is 5. The summed E-state index contributed by atoms with van der Waals surface area (Å²) in [4.78, 5) is 2.27. The normalized spacial score (nSPS) is 14.1. The first kappa shape index (κ1) is 14.1. The third kappa shape index (κ3) is 4.43. The van der Waals surface area contributed by atoms with Crippen LogP contribution >= 0.6 is 46.7 Å². The van der Waals surface area contributed by atoms with Crippen LogP contribution in [0.1, 0.15) is 0 Å². The topological polar surface area (TPSA) is 0 Å². The SMILES string of the molecule is ClC(Sc1ccccc1)C(Cl)Sc1ccccc1. The van der Waals surface area contributed by atoms with Crippen molar-refractivity contribution in [1.82, 2.24) is 0 Å². The van der Waals surface area contributed by atoms with Crippen molar-refractivity contribution >= 4 is 46.7 Å². The van der Waals surface area contributed by atoms with Crippen molar-refractivity contribution in [3.8, 4) is 0 Å². The fourth-order valence-electron chi connectivity index (χ4n) is 1.37. The Labute approximate surface area is 126 Å². The van der Waals surface area contributed by atoms with E-state index < -0.39 is 0 Å². The molecule has 94 valence electrons. The van der Waals surface area contributed by atoms with E-state index in [1.165, 1.54) is 0 Å². The van der Waals surface area contributed by atoms with Gasteiger partial charge in [0.1, 0.15) is 9.42 Å². The molecule has 0 bridgehead atoms. The van der Waals surface area contributed by atoms with E-state index in [0.717, 1.165) is 9.79 Å². The molecule has 0 heterocycles. The predicted molar refractivity (Wildman–Crippen MR) is 83.9 cm³/mol. The summed E-state index contributed by atoms with van der Waals surface area (Å²) in [7, 11) is 0. The molecule has 2 rings (SSSR count). The second-order valence-corrected chi connectivity index (χ2v) is 7.45. The maximum Gasteiger partial charge on any atom is 0.109 e. The quantitative estimate of drug-likeness (QED) is 0.513. The summed E-state index contributed by atoms with van der Waals surface area (Å²) in [6.07, 6.45) is 0. The maximum absolute atomic E-state index is 6.33. The van der Waals surface area contributed by atoms with Crippen LogP contribution in [0.2, 0.25) is 0 Å². The minimum Gasteiger partial charge on any atom is -0.108 e. The number of halogens is 2. The average molecular weight is 315 g/mol. The highest BCUT2D eigenvalue weighted by Crippen LogP contribution is 2.38. The lowest BCUT2D eigenvalue weighted by molar-refractivity contribution is 1.29. The monoisotopic (exact) mass is 314 g/mol. The minimum absolute atomic E-state index is 0.167. The summed E-state index contributed by atoms with van der Waals surface area (Å²) in [6, 6.07) is 20.1. The fraction of sp³-hybridized carbons (Fsp3) is 0.143. The zero-order chi connectivity index (χ0) is 12.8. The summed E-state index contributed by atoms with van der Waals surface area (Å²) < 4.78 is -0.335. The van der Waals surface area contributed by atoms with Crippen molar-refractivity contribution in [1.29, 1.82) is 0 Å². The number of thioether (sulfide) groups is 2. The molecule has 0 saturated heterocycles. The van der Waals surface area contributed by atoms with Gasteiger partial charge < -0.3 is 0 Å². The van der Waals surface area contributed by atoms with Crippen molar-refractivity contribution < 1.29 is 0 Å². The van der Waals surface area contributed by atoms with E-state index in [2.05, 4.69) is 0 Å². The van der Waals surface area contributed by atoms with E-state index in [1.807, 2.05) is 60.7 Å². The van der Waals surface area contributed by atoms with Gasteiger partial charge in [0.2, 0.25) is 0 Å². The Morgan fingerprint density at radius 2 is 0.944 bits per heavy atom. The Hall–Kier alpha value is -0.280. The molecule has 0 N–H and O–H groups in total. The van der Waals surface area contributed by atoms with Gasteiger partial charge in [-0.2, -0.15) is 0 Å². The third-order valence-electron chi connectivity index (χ3n) is 2.19. The van der Waals surface area contributed by atoms with E-state index in [9.17, 15) is 0 Å². The van der Waals surface area contributed by atoms with Gasteiger partial charge in [0.05, 0.1) is 0 Å². The lowest BCUT2D eigenvalue weighted by atomic mass is 10.4. The van der Waals surface area contributed by atoms with Crippen LogP contribution in [0.3, 0.4) is 0 Å². The van der Waals surface area contributed by atoms with Crippen molar-refractivity contribution in [3.63, 3.8) is 0 Å². The van der Waals surface area contributed by atoms with E-state index in [1.54, 1.807) is 23.5 Å². The van der Waals surface area contributed by atoms with Crippen molar-refractivity contribution in [3.05, 3.63) is 60.7 Å². The molecule has 2 atom stereocenters. The van der Waals surface area contributed by atoms with Gasteiger partial charge in [-0.1, -0.05) is 36.4 Å². The molecule has 0 aliphatic carbocycles. The molecule has 0 amide bonds. The van der Waals surface area contributed by atoms with Gasteiger partial charge >= 0.3 is 0 Å². The van der Waals surface area contributed by atoms with Gasteiger partial charge in [0.15, 0.2) is 0 Å². The zero-order valence-electron chi connectivity index (χ0n) is 9.50. The second-order valence-electron chi connectivity index (χ2n) is 3.56. The summed E-state index contributed by atoms with van der Waals surface area (Å²) in [5, 5.41) is 0. The Bertz CT molecular complexity index is 416. The standard InChI is InChI=1S/C14H12Cl2S2/c15-13(17-11-7-3-1-4-8-11)14(16)18-12-9-5-2-6-10-12/h1-10,13-14H. The van der Waals surface area contributed by atoms with Crippen molar-refractivity contribution in [2.75, 3.05) is 0 Å². The van der Waals surface area contributed by atoms with Crippen LogP contribution in [0.15, 0.2) is 70.5 Å². The molecule has 0 aliphatic heterocycles. The van der Waals surface area contributed by atoms with E-state index >= 15 is 0 Å². The number of hydrogen-bond acceptors (Lipinski definition) is 2. The molecular formula is C14H12Cl2S2. The highest BCUT2D eigenvalue weighted by molar-refractivity contribution is 8.05. The molecule has 0 spiro atoms. The Kier molecular flexibility index (Phi) is 5.77. The Balaban J connectivity index is 1.91. The Morgan fingerprint density at radius 1 is 0.611 bits per heavy atom. The first-order chi connectivity index (χ1) is 8.75. The summed E-state index contributed by atoms with van der Waals surface area (Å²) >= 11 is 15.8. The Morgan fingerprint density at radius 3 is 1.28 bits per heavy atom. The van der Waals surface area contributed by atoms with Gasteiger partial charge in [0.25, 0.3) is 0 Å². The third-order valence-corrected chi connectivity index (χ3v) is 5.91. The minimum atomic E-state index is -0.167. The van der Waals surface area contributed by atoms with Crippen LogP contribution in [0.25, 0.3) is 0 Å².